The minimum absolute atomic E-state index is 0.121. The number of hydrogen-bond donors (Lipinski definition) is 1. The minimum Gasteiger partial charge on any atom is -0.468 e. The number of rotatable bonds is 5. The number of aryl methyl sites for hydroxylation is 1. The zero-order valence-electron chi connectivity index (χ0n) is 11.4. The highest BCUT2D eigenvalue weighted by Gasteiger charge is 2.16. The Hall–Kier alpha value is -1.26. The van der Waals surface area contributed by atoms with Crippen LogP contribution in [-0.2, 0) is 0 Å². The summed E-state index contributed by atoms with van der Waals surface area (Å²) in [6, 6.07) is 7.21. The van der Waals surface area contributed by atoms with Crippen molar-refractivity contribution in [2.24, 2.45) is 0 Å². The molecule has 0 saturated heterocycles. The van der Waals surface area contributed by atoms with Gasteiger partial charge in [0.1, 0.15) is 11.6 Å². The zero-order chi connectivity index (χ0) is 13.8. The zero-order valence-corrected chi connectivity index (χ0v) is 12.2. The highest BCUT2D eigenvalue weighted by atomic mass is 32.2. The van der Waals surface area contributed by atoms with Crippen molar-refractivity contribution >= 4 is 11.8 Å². The lowest BCUT2D eigenvalue weighted by Crippen LogP contribution is -2.18. The van der Waals surface area contributed by atoms with Crippen LogP contribution in [0.4, 0.5) is 4.39 Å². The van der Waals surface area contributed by atoms with E-state index in [-0.39, 0.29) is 11.9 Å². The third-order valence-corrected chi connectivity index (χ3v) is 4.28. The Bertz CT molecular complexity index is 553. The van der Waals surface area contributed by atoms with E-state index in [1.54, 1.807) is 12.3 Å². The van der Waals surface area contributed by atoms with Gasteiger partial charge in [0.05, 0.1) is 16.1 Å². The van der Waals surface area contributed by atoms with Crippen molar-refractivity contribution in [1.82, 2.24) is 5.32 Å². The summed E-state index contributed by atoms with van der Waals surface area (Å²) in [6.45, 7) is 6.83. The molecule has 1 atom stereocenters. The first kappa shape index (κ1) is 14.2. The maximum absolute atomic E-state index is 14.1. The fourth-order valence-corrected chi connectivity index (χ4v) is 3.04. The van der Waals surface area contributed by atoms with Crippen LogP contribution >= 0.6 is 11.8 Å². The molecule has 1 heterocycles. The largest absolute Gasteiger partial charge is 0.468 e. The quantitative estimate of drug-likeness (QED) is 0.869. The molecule has 0 bridgehead atoms. The van der Waals surface area contributed by atoms with Crippen LogP contribution in [0, 0.1) is 12.7 Å². The number of benzene rings is 1. The maximum atomic E-state index is 14.1. The molecule has 4 heteroatoms. The van der Waals surface area contributed by atoms with E-state index in [1.165, 1.54) is 17.8 Å². The van der Waals surface area contributed by atoms with E-state index in [2.05, 4.69) is 5.32 Å². The summed E-state index contributed by atoms with van der Waals surface area (Å²) in [5.41, 5.74) is 0.979. The van der Waals surface area contributed by atoms with Crippen LogP contribution in [0.5, 0.6) is 0 Å². The number of furan rings is 1. The van der Waals surface area contributed by atoms with Crippen LogP contribution < -0.4 is 5.32 Å². The van der Waals surface area contributed by atoms with Gasteiger partial charge in [-0.3, -0.25) is 0 Å². The molecule has 2 rings (SSSR count). The van der Waals surface area contributed by atoms with E-state index in [0.29, 0.717) is 4.90 Å². The first-order valence-corrected chi connectivity index (χ1v) is 7.18. The molecule has 0 aliphatic carbocycles. The maximum Gasteiger partial charge on any atom is 0.137 e. The van der Waals surface area contributed by atoms with Crippen molar-refractivity contribution in [3.8, 4) is 0 Å². The molecule has 1 unspecified atom stereocenters. The molecular formula is C15H18FNOS. The van der Waals surface area contributed by atoms with E-state index in [9.17, 15) is 4.39 Å². The topological polar surface area (TPSA) is 25.2 Å². The van der Waals surface area contributed by atoms with Gasteiger partial charge in [0, 0.05) is 6.04 Å². The Labute approximate surface area is 117 Å². The van der Waals surface area contributed by atoms with Gasteiger partial charge >= 0.3 is 0 Å². The minimum atomic E-state index is -0.187. The van der Waals surface area contributed by atoms with Gasteiger partial charge in [-0.15, -0.1) is 0 Å². The molecule has 1 aromatic carbocycles. The number of nitrogens with one attached hydrogen (secondary N) is 1. The van der Waals surface area contributed by atoms with Crippen molar-refractivity contribution in [2.75, 3.05) is 6.54 Å². The van der Waals surface area contributed by atoms with Gasteiger partial charge in [0.25, 0.3) is 0 Å². The fourth-order valence-electron chi connectivity index (χ4n) is 1.98. The van der Waals surface area contributed by atoms with E-state index in [4.69, 9.17) is 4.42 Å². The van der Waals surface area contributed by atoms with Gasteiger partial charge in [-0.05, 0) is 38.1 Å². The van der Waals surface area contributed by atoms with Crippen molar-refractivity contribution in [3.05, 3.63) is 47.7 Å². The van der Waals surface area contributed by atoms with Crippen molar-refractivity contribution in [2.45, 2.75) is 36.6 Å². The molecule has 102 valence electrons. The van der Waals surface area contributed by atoms with Crippen LogP contribution in [0.2, 0.25) is 0 Å². The Morgan fingerprint density at radius 2 is 2.16 bits per heavy atom. The second-order valence-electron chi connectivity index (χ2n) is 4.38. The van der Waals surface area contributed by atoms with Crippen molar-refractivity contribution in [1.29, 1.82) is 0 Å². The molecule has 0 fully saturated rings. The Kier molecular flexibility index (Phi) is 4.66. The van der Waals surface area contributed by atoms with E-state index in [1.807, 2.05) is 32.9 Å². The van der Waals surface area contributed by atoms with Gasteiger partial charge in [-0.25, -0.2) is 4.39 Å². The number of halogens is 1. The SMILES string of the molecule is CCNC(C)c1cccc(F)c1Sc1ccoc1C. The lowest BCUT2D eigenvalue weighted by molar-refractivity contribution is 0.526. The molecule has 0 radical (unpaired) electrons. The van der Waals surface area contributed by atoms with E-state index in [0.717, 1.165) is 22.8 Å². The molecule has 0 amide bonds. The van der Waals surface area contributed by atoms with Gasteiger partial charge in [-0.1, -0.05) is 30.8 Å². The highest BCUT2D eigenvalue weighted by Crippen LogP contribution is 2.37. The molecule has 1 aromatic heterocycles. The standard InChI is InChI=1S/C15H18FNOS/c1-4-17-10(2)12-6-5-7-13(16)15(12)19-14-8-9-18-11(14)3/h5-10,17H,4H2,1-3H3. The predicted molar refractivity (Wildman–Crippen MR) is 76.1 cm³/mol. The second kappa shape index (κ2) is 6.26. The van der Waals surface area contributed by atoms with Gasteiger partial charge in [-0.2, -0.15) is 0 Å². The average molecular weight is 279 g/mol. The average Bonchev–Trinajstić information content (AvgIpc) is 2.78. The van der Waals surface area contributed by atoms with Crippen LogP contribution in [-0.4, -0.2) is 6.54 Å². The molecule has 19 heavy (non-hydrogen) atoms. The summed E-state index contributed by atoms with van der Waals surface area (Å²) in [5, 5.41) is 3.32. The van der Waals surface area contributed by atoms with E-state index < -0.39 is 0 Å². The second-order valence-corrected chi connectivity index (χ2v) is 5.43. The van der Waals surface area contributed by atoms with Crippen LogP contribution in [0.25, 0.3) is 0 Å². The summed E-state index contributed by atoms with van der Waals surface area (Å²) in [7, 11) is 0. The third kappa shape index (κ3) is 3.19. The predicted octanol–water partition coefficient (Wildman–Crippen LogP) is 4.55. The van der Waals surface area contributed by atoms with Gasteiger partial charge in [0.15, 0.2) is 0 Å². The van der Waals surface area contributed by atoms with Gasteiger partial charge in [0.2, 0.25) is 0 Å². The molecule has 0 aliphatic heterocycles. The molecule has 0 aliphatic rings. The third-order valence-electron chi connectivity index (χ3n) is 3.00. The molecule has 0 saturated carbocycles. The Morgan fingerprint density at radius 3 is 2.79 bits per heavy atom. The van der Waals surface area contributed by atoms with E-state index >= 15 is 0 Å². The van der Waals surface area contributed by atoms with Crippen LogP contribution in [0.3, 0.4) is 0 Å². The van der Waals surface area contributed by atoms with Gasteiger partial charge < -0.3 is 9.73 Å². The van der Waals surface area contributed by atoms with Crippen LogP contribution in [0.1, 0.15) is 31.2 Å². The Morgan fingerprint density at radius 1 is 1.37 bits per heavy atom. The summed E-state index contributed by atoms with van der Waals surface area (Å²) in [5.74, 6) is 0.628. The summed E-state index contributed by atoms with van der Waals surface area (Å²) < 4.78 is 19.4. The summed E-state index contributed by atoms with van der Waals surface area (Å²) in [4.78, 5) is 1.62. The first-order valence-electron chi connectivity index (χ1n) is 6.37. The highest BCUT2D eigenvalue weighted by molar-refractivity contribution is 7.99. The Balaban J connectivity index is 2.35. The molecule has 1 N–H and O–H groups in total. The monoisotopic (exact) mass is 279 g/mol. The lowest BCUT2D eigenvalue weighted by atomic mass is 10.1. The molecule has 2 aromatic rings. The number of hydrogen-bond acceptors (Lipinski definition) is 3. The molecule has 2 nitrogen and oxygen atoms in total. The van der Waals surface area contributed by atoms with Crippen LogP contribution in [0.15, 0.2) is 44.7 Å². The summed E-state index contributed by atoms with van der Waals surface area (Å²) >= 11 is 1.42. The smallest absolute Gasteiger partial charge is 0.137 e. The first-order chi connectivity index (χ1) is 9.13. The fraction of sp³-hybridized carbons (Fsp3) is 0.333. The van der Waals surface area contributed by atoms with Crippen molar-refractivity contribution in [3.63, 3.8) is 0 Å². The normalized spacial score (nSPS) is 12.6. The molecule has 0 spiro atoms. The summed E-state index contributed by atoms with van der Waals surface area (Å²) in [6.07, 6.45) is 1.63. The lowest BCUT2D eigenvalue weighted by Gasteiger charge is -2.17. The molecular weight excluding hydrogens is 261 g/mol. The van der Waals surface area contributed by atoms with Crippen molar-refractivity contribution < 1.29 is 8.81 Å².